The van der Waals surface area contributed by atoms with E-state index in [2.05, 4.69) is 0 Å². The normalized spacial score (nSPS) is 20.5. The molecule has 114 valence electrons. The maximum atomic E-state index is 12.7. The maximum Gasteiger partial charge on any atom is 0.471 e. The summed E-state index contributed by atoms with van der Waals surface area (Å²) in [5, 5.41) is 0.941. The van der Waals surface area contributed by atoms with Crippen LogP contribution in [0.2, 0.25) is 5.02 Å². The van der Waals surface area contributed by atoms with E-state index in [4.69, 9.17) is 11.6 Å². The van der Waals surface area contributed by atoms with Gasteiger partial charge in [0.15, 0.2) is 9.84 Å². The van der Waals surface area contributed by atoms with Gasteiger partial charge in [-0.2, -0.15) is 13.2 Å². The molecular weight excluding hydrogens is 331 g/mol. The minimum Gasteiger partial charge on any atom is -0.297 e. The summed E-state index contributed by atoms with van der Waals surface area (Å²) in [6.45, 7) is 0. The average Bonchev–Trinajstić information content (AvgIpc) is 2.68. The topological polar surface area (TPSA) is 54.5 Å². The van der Waals surface area contributed by atoms with Crippen LogP contribution in [0, 0.1) is 0 Å². The third kappa shape index (κ3) is 3.56. The molecule has 9 heteroatoms. The van der Waals surface area contributed by atoms with Gasteiger partial charge in [0, 0.05) is 16.1 Å². The van der Waals surface area contributed by atoms with Crippen LogP contribution in [-0.2, 0) is 14.6 Å². The number of rotatable bonds is 2. The number of benzene rings is 1. The summed E-state index contributed by atoms with van der Waals surface area (Å²) in [4.78, 5) is 12.0. The van der Waals surface area contributed by atoms with Crippen molar-refractivity contribution in [3.8, 4) is 0 Å². The molecule has 0 aliphatic carbocycles. The zero-order valence-corrected chi connectivity index (χ0v) is 11.9. The van der Waals surface area contributed by atoms with Gasteiger partial charge in [0.05, 0.1) is 11.8 Å². The molecule has 0 saturated heterocycles. The number of halogens is 4. The highest BCUT2D eigenvalue weighted by atomic mass is 35.5. The van der Waals surface area contributed by atoms with Crippen molar-refractivity contribution in [1.29, 1.82) is 0 Å². The van der Waals surface area contributed by atoms with Gasteiger partial charge < -0.3 is 0 Å². The molecule has 0 spiro atoms. The summed E-state index contributed by atoms with van der Waals surface area (Å²) >= 11 is 5.72. The highest BCUT2D eigenvalue weighted by Gasteiger charge is 2.46. The van der Waals surface area contributed by atoms with Crippen molar-refractivity contribution in [3.05, 3.63) is 40.8 Å². The molecule has 21 heavy (non-hydrogen) atoms. The zero-order chi connectivity index (χ0) is 15.8. The fourth-order valence-corrected chi connectivity index (χ4v) is 3.39. The SMILES string of the molecule is O=C(N(c1cccc(Cl)c1)[C@H]1C=CS(=O)(=O)C1)C(F)(F)F. The van der Waals surface area contributed by atoms with Crippen molar-refractivity contribution in [2.75, 3.05) is 10.7 Å². The predicted octanol–water partition coefficient (Wildman–Crippen LogP) is 2.55. The molecular formula is C12H9ClF3NO3S. The van der Waals surface area contributed by atoms with Crippen molar-refractivity contribution in [2.24, 2.45) is 0 Å². The van der Waals surface area contributed by atoms with Crippen LogP contribution >= 0.6 is 11.6 Å². The van der Waals surface area contributed by atoms with Gasteiger partial charge >= 0.3 is 12.1 Å². The van der Waals surface area contributed by atoms with E-state index < -0.39 is 33.7 Å². The number of alkyl halides is 3. The van der Waals surface area contributed by atoms with Crippen LogP contribution in [-0.4, -0.2) is 32.3 Å². The Morgan fingerprint density at radius 3 is 2.48 bits per heavy atom. The Hall–Kier alpha value is -1.54. The summed E-state index contributed by atoms with van der Waals surface area (Å²) in [5.41, 5.74) is -0.114. The Balaban J connectivity index is 2.46. The second-order valence-corrected chi connectivity index (χ2v) is 6.75. The van der Waals surface area contributed by atoms with Gasteiger partial charge in [-0.15, -0.1) is 0 Å². The molecule has 0 saturated carbocycles. The smallest absolute Gasteiger partial charge is 0.297 e. The van der Waals surface area contributed by atoms with E-state index in [0.29, 0.717) is 4.90 Å². The molecule has 1 aliphatic rings. The van der Waals surface area contributed by atoms with E-state index in [1.54, 1.807) is 0 Å². The van der Waals surface area contributed by atoms with E-state index in [1.807, 2.05) is 0 Å². The van der Waals surface area contributed by atoms with Crippen molar-refractivity contribution in [2.45, 2.75) is 12.2 Å². The van der Waals surface area contributed by atoms with Crippen LogP contribution in [0.15, 0.2) is 35.7 Å². The summed E-state index contributed by atoms with van der Waals surface area (Å²) in [6.07, 6.45) is -4.07. The number of carbonyl (C=O) groups excluding carboxylic acids is 1. The first kappa shape index (κ1) is 15.8. The molecule has 1 aromatic rings. The maximum absolute atomic E-state index is 12.7. The molecule has 1 aliphatic heterocycles. The van der Waals surface area contributed by atoms with Gasteiger partial charge in [-0.25, -0.2) is 8.42 Å². The highest BCUT2D eigenvalue weighted by Crippen LogP contribution is 2.30. The van der Waals surface area contributed by atoms with E-state index in [1.165, 1.54) is 24.3 Å². The Kier molecular flexibility index (Phi) is 4.03. The van der Waals surface area contributed by atoms with Crippen molar-refractivity contribution < 1.29 is 26.4 Å². The molecule has 0 aromatic heterocycles. The highest BCUT2D eigenvalue weighted by molar-refractivity contribution is 7.94. The molecule has 1 amide bonds. The summed E-state index contributed by atoms with van der Waals surface area (Å²) in [6, 6.07) is 4.02. The Morgan fingerprint density at radius 2 is 2.00 bits per heavy atom. The number of carbonyl (C=O) groups is 1. The predicted molar refractivity (Wildman–Crippen MR) is 71.7 cm³/mol. The fourth-order valence-electron chi connectivity index (χ4n) is 1.94. The lowest BCUT2D eigenvalue weighted by atomic mass is 10.2. The molecule has 4 nitrogen and oxygen atoms in total. The standard InChI is InChI=1S/C12H9ClF3NO3S/c13-8-2-1-3-9(6-8)17(11(18)12(14,15)16)10-4-5-21(19,20)7-10/h1-6,10H,7H2/t10-/m0/s1. The molecule has 1 aromatic carbocycles. The summed E-state index contributed by atoms with van der Waals surface area (Å²) in [5.74, 6) is -2.74. The third-order valence-corrected chi connectivity index (χ3v) is 4.40. The van der Waals surface area contributed by atoms with E-state index in [9.17, 15) is 26.4 Å². The van der Waals surface area contributed by atoms with Crippen LogP contribution in [0.25, 0.3) is 0 Å². The Morgan fingerprint density at radius 1 is 1.33 bits per heavy atom. The number of amides is 1. The minimum absolute atomic E-state index is 0.114. The minimum atomic E-state index is -5.12. The lowest BCUT2D eigenvalue weighted by molar-refractivity contribution is -0.170. The van der Waals surface area contributed by atoms with Gasteiger partial charge in [0.25, 0.3) is 0 Å². The zero-order valence-electron chi connectivity index (χ0n) is 10.3. The second-order valence-electron chi connectivity index (χ2n) is 4.38. The van der Waals surface area contributed by atoms with Gasteiger partial charge in [-0.3, -0.25) is 9.69 Å². The van der Waals surface area contributed by atoms with Crippen LogP contribution in [0.1, 0.15) is 0 Å². The van der Waals surface area contributed by atoms with E-state index in [-0.39, 0.29) is 10.7 Å². The lowest BCUT2D eigenvalue weighted by Gasteiger charge is -2.28. The van der Waals surface area contributed by atoms with E-state index in [0.717, 1.165) is 11.5 Å². The fraction of sp³-hybridized carbons (Fsp3) is 0.250. The van der Waals surface area contributed by atoms with Gasteiger partial charge in [-0.05, 0) is 24.3 Å². The molecule has 1 atom stereocenters. The summed E-state index contributed by atoms with van der Waals surface area (Å²) < 4.78 is 61.0. The number of sulfone groups is 1. The first-order valence-electron chi connectivity index (χ1n) is 5.67. The molecule has 0 unspecified atom stereocenters. The van der Waals surface area contributed by atoms with Crippen LogP contribution < -0.4 is 4.90 Å². The second kappa shape index (κ2) is 5.34. The van der Waals surface area contributed by atoms with Crippen LogP contribution in [0.3, 0.4) is 0 Å². The number of anilines is 1. The summed E-state index contributed by atoms with van der Waals surface area (Å²) in [7, 11) is -3.61. The van der Waals surface area contributed by atoms with Crippen molar-refractivity contribution >= 4 is 33.0 Å². The van der Waals surface area contributed by atoms with Crippen LogP contribution in [0.5, 0.6) is 0 Å². The quantitative estimate of drug-likeness (QED) is 0.832. The van der Waals surface area contributed by atoms with Gasteiger partial charge in [0.2, 0.25) is 0 Å². The third-order valence-electron chi connectivity index (χ3n) is 2.79. The number of nitrogens with zero attached hydrogens (tertiary/aromatic N) is 1. The molecule has 1 heterocycles. The average molecular weight is 340 g/mol. The van der Waals surface area contributed by atoms with Gasteiger partial charge in [-0.1, -0.05) is 17.7 Å². The molecule has 2 rings (SSSR count). The monoisotopic (exact) mass is 339 g/mol. The van der Waals surface area contributed by atoms with Crippen molar-refractivity contribution in [3.63, 3.8) is 0 Å². The van der Waals surface area contributed by atoms with E-state index >= 15 is 0 Å². The first-order valence-corrected chi connectivity index (χ1v) is 7.76. The lowest BCUT2D eigenvalue weighted by Crippen LogP contribution is -2.47. The molecule has 0 N–H and O–H groups in total. The van der Waals surface area contributed by atoms with Crippen LogP contribution in [0.4, 0.5) is 18.9 Å². The number of hydrogen-bond acceptors (Lipinski definition) is 3. The molecule has 0 bridgehead atoms. The Bertz CT molecular complexity index is 700. The molecule has 0 fully saturated rings. The molecule has 0 radical (unpaired) electrons. The Labute approximate surface area is 123 Å². The van der Waals surface area contributed by atoms with Crippen molar-refractivity contribution in [1.82, 2.24) is 0 Å². The number of hydrogen-bond donors (Lipinski definition) is 0. The first-order chi connectivity index (χ1) is 9.60. The largest absolute Gasteiger partial charge is 0.471 e. The van der Waals surface area contributed by atoms with Gasteiger partial charge in [0.1, 0.15) is 0 Å².